The van der Waals surface area contributed by atoms with Crippen LogP contribution in [0, 0.1) is 0 Å². The van der Waals surface area contributed by atoms with Gasteiger partial charge in [-0.3, -0.25) is 9.59 Å². The number of nitrogens with one attached hydrogen (secondary N) is 1. The van der Waals surface area contributed by atoms with Crippen molar-refractivity contribution in [1.82, 2.24) is 14.9 Å². The van der Waals surface area contributed by atoms with Crippen LogP contribution >= 0.6 is 0 Å². The van der Waals surface area contributed by atoms with Crippen LogP contribution in [0.1, 0.15) is 74.2 Å². The zero-order chi connectivity index (χ0) is 23.8. The Hall–Kier alpha value is -3.62. The van der Waals surface area contributed by atoms with Gasteiger partial charge in [-0.15, -0.1) is 0 Å². The molecule has 1 aromatic carbocycles. The molecule has 1 saturated carbocycles. The number of primary amides is 1. The van der Waals surface area contributed by atoms with Crippen LogP contribution < -0.4 is 16.8 Å². The van der Waals surface area contributed by atoms with Crippen LogP contribution in [-0.2, 0) is 16.6 Å². The molecular formula is C24H30N6O3. The monoisotopic (exact) mass is 450 g/mol. The fraction of sp³-hybridized carbons (Fsp3) is 0.417. The third-order valence-electron chi connectivity index (χ3n) is 6.35. The smallest absolute Gasteiger partial charge is 0.254 e. The molecule has 0 unspecified atom stereocenters. The number of nitrogens with two attached hydrogens (primary N) is 2. The minimum atomic E-state index is -0.628. The summed E-state index contributed by atoms with van der Waals surface area (Å²) in [6.45, 7) is 6.02. The van der Waals surface area contributed by atoms with E-state index in [2.05, 4.69) is 22.5 Å². The number of anilines is 2. The molecule has 2 aromatic heterocycles. The molecule has 0 saturated heterocycles. The van der Waals surface area contributed by atoms with Gasteiger partial charge in [-0.1, -0.05) is 49.2 Å². The van der Waals surface area contributed by atoms with Crippen molar-refractivity contribution in [3.05, 3.63) is 47.2 Å². The van der Waals surface area contributed by atoms with Crippen LogP contribution in [0.15, 0.2) is 34.9 Å². The lowest BCUT2D eigenvalue weighted by atomic mass is 9.86. The number of amides is 2. The van der Waals surface area contributed by atoms with Gasteiger partial charge in [0.05, 0.1) is 6.42 Å². The molecular weight excluding hydrogens is 420 g/mol. The predicted octanol–water partition coefficient (Wildman–Crippen LogP) is 3.81. The van der Waals surface area contributed by atoms with Crippen molar-refractivity contribution < 1.29 is 14.1 Å². The topological polar surface area (TPSA) is 142 Å². The molecule has 2 heterocycles. The maximum absolute atomic E-state index is 12.5. The Labute approximate surface area is 192 Å². The first kappa shape index (κ1) is 22.6. The summed E-state index contributed by atoms with van der Waals surface area (Å²) in [5.41, 5.74) is 13.8. The minimum Gasteiger partial charge on any atom is -0.383 e. The Morgan fingerprint density at radius 2 is 1.88 bits per heavy atom. The van der Waals surface area contributed by atoms with Gasteiger partial charge in [0, 0.05) is 23.1 Å². The Kier molecular flexibility index (Phi) is 5.97. The first-order valence-corrected chi connectivity index (χ1v) is 11.2. The van der Waals surface area contributed by atoms with E-state index in [0.717, 1.165) is 24.2 Å². The maximum atomic E-state index is 12.5. The molecule has 2 amide bonds. The fourth-order valence-electron chi connectivity index (χ4n) is 4.46. The Morgan fingerprint density at radius 1 is 1.21 bits per heavy atom. The first-order chi connectivity index (χ1) is 15.7. The van der Waals surface area contributed by atoms with E-state index in [9.17, 15) is 9.59 Å². The molecule has 1 aliphatic rings. The summed E-state index contributed by atoms with van der Waals surface area (Å²) in [4.78, 5) is 24.5. The number of carbonyl (C=O) groups excluding carboxylic acids is 2. The van der Waals surface area contributed by atoms with Gasteiger partial charge in [0.15, 0.2) is 5.82 Å². The van der Waals surface area contributed by atoms with E-state index in [-0.39, 0.29) is 35.2 Å². The molecule has 3 aromatic rings. The average molecular weight is 451 g/mol. The predicted molar refractivity (Wildman–Crippen MR) is 126 cm³/mol. The second kappa shape index (κ2) is 8.73. The molecule has 33 heavy (non-hydrogen) atoms. The molecule has 0 atom stereocenters. The van der Waals surface area contributed by atoms with Gasteiger partial charge in [0.1, 0.15) is 22.8 Å². The van der Waals surface area contributed by atoms with Crippen molar-refractivity contribution >= 4 is 23.5 Å². The summed E-state index contributed by atoms with van der Waals surface area (Å²) in [6.07, 6.45) is 4.67. The largest absolute Gasteiger partial charge is 0.383 e. The number of hydrogen-bond acceptors (Lipinski definition) is 6. The number of nitrogens with zero attached hydrogens (tertiary/aromatic N) is 3. The van der Waals surface area contributed by atoms with Crippen molar-refractivity contribution in [2.75, 3.05) is 11.1 Å². The Balaban J connectivity index is 1.45. The molecule has 9 nitrogen and oxygen atoms in total. The lowest BCUT2D eigenvalue weighted by Crippen LogP contribution is -2.16. The molecule has 0 spiro atoms. The van der Waals surface area contributed by atoms with E-state index in [1.165, 1.54) is 12.8 Å². The van der Waals surface area contributed by atoms with Crippen molar-refractivity contribution in [1.29, 1.82) is 0 Å². The highest BCUT2D eigenvalue weighted by atomic mass is 16.5. The van der Waals surface area contributed by atoms with Gasteiger partial charge in [-0.25, -0.2) is 4.68 Å². The lowest BCUT2D eigenvalue weighted by Gasteiger charge is -2.18. The van der Waals surface area contributed by atoms with Gasteiger partial charge in [0.2, 0.25) is 5.91 Å². The van der Waals surface area contributed by atoms with E-state index in [4.69, 9.17) is 16.0 Å². The molecule has 0 bridgehead atoms. The van der Waals surface area contributed by atoms with Gasteiger partial charge >= 0.3 is 0 Å². The Morgan fingerprint density at radius 3 is 2.48 bits per heavy atom. The summed E-state index contributed by atoms with van der Waals surface area (Å²) in [5, 5.41) is 11.3. The third-order valence-corrected chi connectivity index (χ3v) is 6.35. The molecule has 0 radical (unpaired) electrons. The third kappa shape index (κ3) is 4.48. The SMILES string of the molecule is CC(C)n1nc(-c2ccc(CC(=O)Nc3cc(C4(C)CCCC4)on3)cc2)c(C(N)=O)c1N. The summed E-state index contributed by atoms with van der Waals surface area (Å²) in [6, 6.07) is 9.05. The van der Waals surface area contributed by atoms with Gasteiger partial charge < -0.3 is 21.3 Å². The summed E-state index contributed by atoms with van der Waals surface area (Å²) in [5.74, 6) is 0.682. The standard InChI is InChI=1S/C24H30N6O3/c1-14(2)30-22(25)20(23(26)32)21(28-30)16-8-6-15(7-9-16)12-19(31)27-18-13-17(33-29-18)24(3)10-4-5-11-24/h6-9,13-14H,4-5,10-12,25H2,1-3H3,(H2,26,32)(H,27,29,31). The molecule has 1 fully saturated rings. The van der Waals surface area contributed by atoms with Crippen molar-refractivity contribution in [2.24, 2.45) is 5.73 Å². The van der Waals surface area contributed by atoms with Crippen LogP contribution in [0.2, 0.25) is 0 Å². The fourth-order valence-corrected chi connectivity index (χ4v) is 4.46. The summed E-state index contributed by atoms with van der Waals surface area (Å²) < 4.78 is 7.08. The highest BCUT2D eigenvalue weighted by molar-refractivity contribution is 6.03. The van der Waals surface area contributed by atoms with E-state index in [1.807, 2.05) is 32.0 Å². The molecule has 9 heteroatoms. The number of nitrogen functional groups attached to an aromatic ring is 1. The quantitative estimate of drug-likeness (QED) is 0.499. The number of carbonyl (C=O) groups is 2. The highest BCUT2D eigenvalue weighted by Gasteiger charge is 2.34. The zero-order valence-corrected chi connectivity index (χ0v) is 19.2. The van der Waals surface area contributed by atoms with Crippen LogP contribution in [0.5, 0.6) is 0 Å². The molecule has 4 rings (SSSR count). The van der Waals surface area contributed by atoms with Gasteiger partial charge in [-0.2, -0.15) is 5.10 Å². The van der Waals surface area contributed by atoms with Gasteiger partial charge in [-0.05, 0) is 32.3 Å². The van der Waals surface area contributed by atoms with E-state index in [1.54, 1.807) is 16.8 Å². The number of benzene rings is 1. The van der Waals surface area contributed by atoms with E-state index >= 15 is 0 Å². The van der Waals surface area contributed by atoms with Crippen LogP contribution in [0.25, 0.3) is 11.3 Å². The number of aromatic nitrogens is 3. The van der Waals surface area contributed by atoms with E-state index < -0.39 is 5.91 Å². The van der Waals surface area contributed by atoms with E-state index in [0.29, 0.717) is 17.1 Å². The molecule has 5 N–H and O–H groups in total. The normalized spacial score (nSPS) is 15.2. The Bertz CT molecular complexity index is 1170. The maximum Gasteiger partial charge on any atom is 0.254 e. The van der Waals surface area contributed by atoms with Crippen LogP contribution in [0.4, 0.5) is 11.6 Å². The summed E-state index contributed by atoms with van der Waals surface area (Å²) >= 11 is 0. The zero-order valence-electron chi connectivity index (χ0n) is 19.2. The molecule has 174 valence electrons. The lowest BCUT2D eigenvalue weighted by molar-refractivity contribution is -0.115. The summed E-state index contributed by atoms with van der Waals surface area (Å²) in [7, 11) is 0. The van der Waals surface area contributed by atoms with Gasteiger partial charge in [0.25, 0.3) is 5.91 Å². The second-order valence-corrected chi connectivity index (χ2v) is 9.28. The second-order valence-electron chi connectivity index (χ2n) is 9.28. The van der Waals surface area contributed by atoms with Crippen molar-refractivity contribution in [3.63, 3.8) is 0 Å². The number of hydrogen-bond donors (Lipinski definition) is 3. The number of rotatable bonds is 7. The van der Waals surface area contributed by atoms with Crippen LogP contribution in [-0.4, -0.2) is 26.8 Å². The first-order valence-electron chi connectivity index (χ1n) is 11.2. The molecule has 1 aliphatic carbocycles. The average Bonchev–Trinajstić information content (AvgIpc) is 3.48. The minimum absolute atomic E-state index is 0.00151. The highest BCUT2D eigenvalue weighted by Crippen LogP contribution is 2.41. The van der Waals surface area contributed by atoms with Crippen molar-refractivity contribution in [3.8, 4) is 11.3 Å². The van der Waals surface area contributed by atoms with Crippen LogP contribution in [0.3, 0.4) is 0 Å². The molecule has 0 aliphatic heterocycles. The van der Waals surface area contributed by atoms with Crippen molar-refractivity contribution in [2.45, 2.75) is 64.3 Å².